The van der Waals surface area contributed by atoms with Crippen LogP contribution in [0.25, 0.3) is 0 Å². The number of carbonyl (C=O) groups excluding carboxylic acids is 2. The normalized spacial score (nSPS) is 21.0. The number of imidazole rings is 1. The predicted molar refractivity (Wildman–Crippen MR) is 122 cm³/mol. The van der Waals surface area contributed by atoms with Gasteiger partial charge in [-0.15, -0.1) is 0 Å². The van der Waals surface area contributed by atoms with Crippen molar-refractivity contribution in [1.29, 1.82) is 0 Å². The Bertz CT molecular complexity index is 1490. The Labute approximate surface area is 209 Å². The molecule has 1 saturated heterocycles. The van der Waals surface area contributed by atoms with E-state index in [9.17, 15) is 31.2 Å². The third-order valence-corrected chi connectivity index (χ3v) is 7.12. The summed E-state index contributed by atoms with van der Waals surface area (Å²) in [5.74, 6) is 4.05. The molecular formula is C22H21F3N6O5S. The van der Waals surface area contributed by atoms with Crippen LogP contribution in [0.2, 0.25) is 0 Å². The van der Waals surface area contributed by atoms with E-state index in [0.717, 1.165) is 12.3 Å². The fourth-order valence-corrected chi connectivity index (χ4v) is 4.86. The minimum atomic E-state index is -4.76. The van der Waals surface area contributed by atoms with Crippen molar-refractivity contribution in [3.63, 3.8) is 0 Å². The Hall–Kier alpha value is -3.64. The lowest BCUT2D eigenvalue weighted by Crippen LogP contribution is -2.33. The second-order valence-corrected chi connectivity index (χ2v) is 11.0. The van der Waals surface area contributed by atoms with Crippen molar-refractivity contribution in [1.82, 2.24) is 19.4 Å². The molecule has 37 heavy (non-hydrogen) atoms. The van der Waals surface area contributed by atoms with E-state index in [1.165, 1.54) is 34.5 Å². The molecule has 0 aromatic carbocycles. The standard InChI is InChI=1S/C22H21F3N6O5S/c1-29-15-16(28-21(29)37(3,34)35)31(20-19(36-20)30(2)18(15)33)8-4-5-11-9-13(22(23,24)25)26-14(10-11)27-17(32)12-6-7-12/h9-10,12,19-20H,6-8H2,1-3H3,(H,26,27,32). The highest BCUT2D eigenvalue weighted by Gasteiger charge is 2.53. The molecule has 1 N–H and O–H groups in total. The minimum absolute atomic E-state index is 0.0221. The number of pyridine rings is 1. The Kier molecular flexibility index (Phi) is 5.72. The molecule has 4 heterocycles. The monoisotopic (exact) mass is 538 g/mol. The number of hydrogen-bond donors (Lipinski definition) is 1. The lowest BCUT2D eigenvalue weighted by Gasteiger charge is -2.16. The van der Waals surface area contributed by atoms with Crippen LogP contribution in [0.3, 0.4) is 0 Å². The molecule has 0 spiro atoms. The van der Waals surface area contributed by atoms with Gasteiger partial charge in [-0.2, -0.15) is 18.2 Å². The Morgan fingerprint density at radius 3 is 2.54 bits per heavy atom. The van der Waals surface area contributed by atoms with Crippen LogP contribution < -0.4 is 10.2 Å². The SMILES string of the molecule is CN1C(=O)c2c(nc(S(C)(=O)=O)n2C)N(CC#Cc2cc(NC(=O)C3CC3)nc(C(F)(F)F)c2)C2OC21. The van der Waals surface area contributed by atoms with Gasteiger partial charge in [0.25, 0.3) is 5.91 Å². The van der Waals surface area contributed by atoms with E-state index in [-0.39, 0.29) is 40.5 Å². The van der Waals surface area contributed by atoms with Gasteiger partial charge in [-0.3, -0.25) is 9.59 Å². The summed E-state index contributed by atoms with van der Waals surface area (Å²) in [6.07, 6.45) is -3.73. The number of anilines is 2. The molecule has 5 rings (SSSR count). The summed E-state index contributed by atoms with van der Waals surface area (Å²) in [6.45, 7) is -0.136. The predicted octanol–water partition coefficient (Wildman–Crippen LogP) is 1.21. The number of nitrogens with one attached hydrogen (secondary N) is 1. The quantitative estimate of drug-likeness (QED) is 0.454. The summed E-state index contributed by atoms with van der Waals surface area (Å²) in [5, 5.41) is 2.08. The molecule has 2 amide bonds. The number of carbonyl (C=O) groups is 2. The molecule has 0 bridgehead atoms. The lowest BCUT2D eigenvalue weighted by molar-refractivity contribution is -0.141. The molecule has 1 aliphatic carbocycles. The Morgan fingerprint density at radius 2 is 1.92 bits per heavy atom. The van der Waals surface area contributed by atoms with Crippen LogP contribution >= 0.6 is 0 Å². The molecular weight excluding hydrogens is 517 g/mol. The van der Waals surface area contributed by atoms with Crippen LogP contribution in [0.4, 0.5) is 24.8 Å². The molecule has 1 saturated carbocycles. The average molecular weight is 539 g/mol. The highest BCUT2D eigenvalue weighted by Crippen LogP contribution is 2.39. The van der Waals surface area contributed by atoms with Gasteiger partial charge in [0.2, 0.25) is 20.9 Å². The second kappa shape index (κ2) is 8.45. The molecule has 11 nitrogen and oxygen atoms in total. The zero-order valence-electron chi connectivity index (χ0n) is 19.8. The maximum atomic E-state index is 13.4. The van der Waals surface area contributed by atoms with Crippen molar-refractivity contribution < 1.29 is 35.9 Å². The molecule has 2 atom stereocenters. The Balaban J connectivity index is 1.48. The summed E-state index contributed by atoms with van der Waals surface area (Å²) >= 11 is 0. The first-order valence-electron chi connectivity index (χ1n) is 11.1. The van der Waals surface area contributed by atoms with E-state index in [1.54, 1.807) is 0 Å². The molecule has 2 aromatic heterocycles. The van der Waals surface area contributed by atoms with Crippen LogP contribution in [0.5, 0.6) is 0 Å². The van der Waals surface area contributed by atoms with E-state index in [0.29, 0.717) is 12.8 Å². The first-order chi connectivity index (χ1) is 17.3. The van der Waals surface area contributed by atoms with Crippen molar-refractivity contribution in [2.24, 2.45) is 13.0 Å². The summed E-state index contributed by atoms with van der Waals surface area (Å²) in [4.78, 5) is 35.5. The van der Waals surface area contributed by atoms with Gasteiger partial charge in [0.1, 0.15) is 11.5 Å². The Morgan fingerprint density at radius 1 is 1.22 bits per heavy atom. The van der Waals surface area contributed by atoms with Gasteiger partial charge < -0.3 is 24.4 Å². The third kappa shape index (κ3) is 4.74. The van der Waals surface area contributed by atoms with Crippen molar-refractivity contribution >= 4 is 33.3 Å². The zero-order chi connectivity index (χ0) is 26.9. The van der Waals surface area contributed by atoms with Gasteiger partial charge >= 0.3 is 6.18 Å². The first kappa shape index (κ1) is 25.0. The maximum Gasteiger partial charge on any atom is 0.433 e. The van der Waals surface area contributed by atoms with Crippen molar-refractivity contribution in [3.05, 3.63) is 29.1 Å². The highest BCUT2D eigenvalue weighted by atomic mass is 32.2. The fourth-order valence-electron chi connectivity index (χ4n) is 4.02. The molecule has 2 aliphatic heterocycles. The van der Waals surface area contributed by atoms with Gasteiger partial charge in [-0.05, 0) is 25.0 Å². The van der Waals surface area contributed by atoms with Gasteiger partial charge in [0, 0.05) is 31.8 Å². The van der Waals surface area contributed by atoms with Crippen molar-refractivity contribution in [2.45, 2.75) is 36.6 Å². The number of amides is 2. The zero-order valence-corrected chi connectivity index (χ0v) is 20.6. The fraction of sp³-hybridized carbons (Fsp3) is 0.455. The molecule has 2 fully saturated rings. The number of ether oxygens (including phenoxy) is 1. The van der Waals surface area contributed by atoms with Gasteiger partial charge in [0.05, 0.1) is 6.54 Å². The number of epoxide rings is 1. The summed E-state index contributed by atoms with van der Waals surface area (Å²) in [5.41, 5.74) is -1.22. The summed E-state index contributed by atoms with van der Waals surface area (Å²) in [7, 11) is -0.865. The smallest absolute Gasteiger partial charge is 0.325 e. The number of hydrogen-bond acceptors (Lipinski definition) is 8. The van der Waals surface area contributed by atoms with Gasteiger partial charge in [-0.1, -0.05) is 11.8 Å². The molecule has 3 aliphatic rings. The van der Waals surface area contributed by atoms with Crippen LogP contribution in [0.1, 0.15) is 34.6 Å². The first-order valence-corrected chi connectivity index (χ1v) is 13.0. The van der Waals surface area contributed by atoms with Crippen LogP contribution in [-0.2, 0) is 32.6 Å². The van der Waals surface area contributed by atoms with Crippen LogP contribution in [0, 0.1) is 17.8 Å². The maximum absolute atomic E-state index is 13.4. The molecule has 2 unspecified atom stereocenters. The van der Waals surface area contributed by atoms with Gasteiger partial charge in [0.15, 0.2) is 24.0 Å². The number of sulfone groups is 1. The molecule has 196 valence electrons. The third-order valence-electron chi connectivity index (χ3n) is 6.09. The number of halogens is 3. The number of aromatic nitrogens is 3. The number of alkyl halides is 3. The minimum Gasteiger partial charge on any atom is -0.325 e. The topological polar surface area (TPSA) is 130 Å². The van der Waals surface area contributed by atoms with Crippen LogP contribution in [0.15, 0.2) is 17.3 Å². The highest BCUT2D eigenvalue weighted by molar-refractivity contribution is 7.90. The van der Waals surface area contributed by atoms with Crippen molar-refractivity contribution in [2.75, 3.05) is 30.1 Å². The van der Waals surface area contributed by atoms with E-state index in [1.807, 2.05) is 0 Å². The van der Waals surface area contributed by atoms with E-state index in [4.69, 9.17) is 4.74 Å². The molecule has 0 radical (unpaired) electrons. The van der Waals surface area contributed by atoms with E-state index in [2.05, 4.69) is 27.1 Å². The summed E-state index contributed by atoms with van der Waals surface area (Å²) < 4.78 is 71.3. The molecule has 2 aromatic rings. The van der Waals surface area contributed by atoms with Crippen molar-refractivity contribution in [3.8, 4) is 11.8 Å². The average Bonchev–Trinajstić information content (AvgIpc) is 3.70. The lowest BCUT2D eigenvalue weighted by atomic mass is 10.2. The number of fused-ring (bicyclic) bond motifs is 2. The largest absolute Gasteiger partial charge is 0.433 e. The number of rotatable bonds is 4. The van der Waals surface area contributed by atoms with E-state index < -0.39 is 46.0 Å². The van der Waals surface area contributed by atoms with E-state index >= 15 is 0 Å². The van der Waals surface area contributed by atoms with Crippen LogP contribution in [-0.4, -0.2) is 72.0 Å². The second-order valence-electron chi connectivity index (χ2n) is 9.05. The summed E-state index contributed by atoms with van der Waals surface area (Å²) in [6, 6.07) is 2.01. The number of nitrogens with zero attached hydrogens (tertiary/aromatic N) is 5. The van der Waals surface area contributed by atoms with Gasteiger partial charge in [-0.25, -0.2) is 13.4 Å². The number of likely N-dealkylation sites (N-methyl/N-ethyl adjacent to an activating group) is 1. The molecule has 15 heteroatoms.